The van der Waals surface area contributed by atoms with E-state index >= 15 is 0 Å². The molecule has 0 aliphatic heterocycles. The summed E-state index contributed by atoms with van der Waals surface area (Å²) in [7, 11) is 0. The number of rotatable bonds is 1. The van der Waals surface area contributed by atoms with E-state index in [2.05, 4.69) is 50.1 Å². The van der Waals surface area contributed by atoms with E-state index in [1.165, 1.54) is 6.92 Å². The number of urea groups is 1. The quantitative estimate of drug-likeness (QED) is 0.203. The average molecular weight is 364 g/mol. The fraction of sp³-hybridized carbons (Fsp3) is 0.300. The lowest BCUT2D eigenvalue weighted by molar-refractivity contribution is -0.107. The van der Waals surface area contributed by atoms with E-state index in [-0.39, 0.29) is 23.0 Å². The third kappa shape index (κ3) is 62.2. The maximum atomic E-state index is 9.17. The fourth-order valence-electron chi connectivity index (χ4n) is 0.427. The molecule has 14 N–H and O–H groups in total. The van der Waals surface area contributed by atoms with Crippen molar-refractivity contribution in [2.24, 2.45) is 22.9 Å². The van der Waals surface area contributed by atoms with E-state index in [9.17, 15) is 4.79 Å². The van der Waals surface area contributed by atoms with Gasteiger partial charge in [-0.2, -0.15) is 15.0 Å². The van der Waals surface area contributed by atoms with Crippen molar-refractivity contribution in [3.63, 3.8) is 0 Å². The summed E-state index contributed by atoms with van der Waals surface area (Å²) in [6.45, 7) is 3.26. The molecule has 1 heterocycles. The number of carbonyl (C=O) groups excluding carboxylic acids is 3. The minimum atomic E-state index is -0.833. The monoisotopic (exact) mass is 364 g/mol. The van der Waals surface area contributed by atoms with Crippen molar-refractivity contribution < 1.29 is 14.4 Å². The molecule has 1 rings (SSSR count). The molecule has 0 fully saturated rings. The molecule has 0 bridgehead atoms. The predicted octanol–water partition coefficient (Wildman–Crippen LogP) is -2.37. The lowest BCUT2D eigenvalue weighted by Crippen LogP contribution is -2.18. The highest BCUT2D eigenvalue weighted by molar-refractivity contribution is 7.80. The summed E-state index contributed by atoms with van der Waals surface area (Å²) in [6, 6.07) is -0.833. The van der Waals surface area contributed by atoms with E-state index in [0.29, 0.717) is 6.42 Å². The average Bonchev–Trinajstić information content (AvgIpc) is 2.36. The van der Waals surface area contributed by atoms with E-state index in [1.54, 1.807) is 0 Å². The van der Waals surface area contributed by atoms with E-state index in [4.69, 9.17) is 26.8 Å². The van der Waals surface area contributed by atoms with Crippen molar-refractivity contribution in [3.8, 4) is 0 Å². The van der Waals surface area contributed by atoms with Crippen molar-refractivity contribution in [3.05, 3.63) is 0 Å². The highest BCUT2D eigenvalue weighted by atomic mass is 32.1. The summed E-state index contributed by atoms with van der Waals surface area (Å²) in [5.74, 6) is 0.125. The highest BCUT2D eigenvalue weighted by Gasteiger charge is 1.93. The number of aromatic nitrogens is 3. The second-order valence-corrected chi connectivity index (χ2v) is 3.50. The normalized spacial score (nSPS) is 7.08. The molecule has 0 radical (unpaired) electrons. The van der Waals surface area contributed by atoms with Gasteiger partial charge in [0.1, 0.15) is 12.6 Å². The number of aldehydes is 2. The molecule has 2 amide bonds. The highest BCUT2D eigenvalue weighted by Crippen LogP contribution is 1.97. The van der Waals surface area contributed by atoms with Gasteiger partial charge in [0.25, 0.3) is 0 Å². The molecular weight excluding hydrogens is 340 g/mol. The largest absolute Gasteiger partial charge is 0.377 e. The van der Waals surface area contributed by atoms with Crippen LogP contribution in [0.25, 0.3) is 0 Å². The van der Waals surface area contributed by atoms with Gasteiger partial charge >= 0.3 is 6.03 Å². The van der Waals surface area contributed by atoms with Gasteiger partial charge in [0.15, 0.2) is 5.11 Å². The standard InChI is InChI=1S/C3H6N6.C3H6O.C2H4O.CH4N2O.CH4N2S/c4-1-7-2(5)9-3(6)8-1;1-2-3-4;1-2-3;2*2-1(3)4/h(H6,4,5,6,7,8,9);3H,2H2,1H3;2H,1H3;2*(H4,2,3,4). The van der Waals surface area contributed by atoms with Gasteiger partial charge in [0, 0.05) is 6.42 Å². The lowest BCUT2D eigenvalue weighted by atomic mass is 10.6. The Hall–Kier alpha value is -3.29. The van der Waals surface area contributed by atoms with Crippen molar-refractivity contribution in [1.29, 1.82) is 0 Å². The smallest absolute Gasteiger partial charge is 0.309 e. The van der Waals surface area contributed by atoms with Gasteiger partial charge in [-0.05, 0) is 19.1 Å². The Morgan fingerprint density at radius 2 is 1.08 bits per heavy atom. The van der Waals surface area contributed by atoms with E-state index in [1.807, 2.05) is 6.92 Å². The minimum Gasteiger partial charge on any atom is -0.377 e. The first-order valence-corrected chi connectivity index (χ1v) is 6.34. The molecule has 0 unspecified atom stereocenters. The first kappa shape index (κ1) is 28.8. The Morgan fingerprint density at radius 1 is 0.958 bits per heavy atom. The van der Waals surface area contributed by atoms with Gasteiger partial charge in [-0.25, -0.2) is 4.79 Å². The molecule has 0 atom stereocenters. The molecule has 24 heavy (non-hydrogen) atoms. The lowest BCUT2D eigenvalue weighted by Gasteiger charge is -1.93. The maximum absolute atomic E-state index is 9.17. The van der Waals surface area contributed by atoms with Crippen LogP contribution in [0.2, 0.25) is 0 Å². The first-order chi connectivity index (χ1) is 11.0. The topological polar surface area (TPSA) is 272 Å². The van der Waals surface area contributed by atoms with Crippen LogP contribution in [0.3, 0.4) is 0 Å². The molecule has 0 spiro atoms. The van der Waals surface area contributed by atoms with Gasteiger partial charge in [-0.3, -0.25) is 0 Å². The molecule has 0 saturated heterocycles. The van der Waals surface area contributed by atoms with Crippen molar-refractivity contribution in [1.82, 2.24) is 15.0 Å². The molecule has 0 aliphatic carbocycles. The number of thiocarbonyl (C=S) groups is 1. The van der Waals surface area contributed by atoms with Crippen LogP contribution in [-0.2, 0) is 9.59 Å². The minimum absolute atomic E-state index is 0.000000000000000222. The summed E-state index contributed by atoms with van der Waals surface area (Å²) >= 11 is 4.09. The Balaban J connectivity index is -0.000000115. The van der Waals surface area contributed by atoms with Gasteiger partial charge in [-0.15, -0.1) is 0 Å². The van der Waals surface area contributed by atoms with Crippen LogP contribution < -0.4 is 40.1 Å². The number of hydrogen-bond acceptors (Lipinski definition) is 10. The van der Waals surface area contributed by atoms with Crippen LogP contribution in [0.15, 0.2) is 0 Å². The van der Waals surface area contributed by atoms with Crippen LogP contribution in [0.1, 0.15) is 20.3 Å². The second kappa shape index (κ2) is 22.0. The summed E-state index contributed by atoms with van der Waals surface area (Å²) in [6.07, 6.45) is 2.26. The number of anilines is 3. The van der Waals surface area contributed by atoms with Gasteiger partial charge in [-0.1, -0.05) is 6.92 Å². The molecule has 0 aromatic carbocycles. The number of carbonyl (C=O) groups is 3. The summed E-state index contributed by atoms with van der Waals surface area (Å²) in [4.78, 5) is 37.4. The van der Waals surface area contributed by atoms with Gasteiger partial charge in [0.2, 0.25) is 17.8 Å². The maximum Gasteiger partial charge on any atom is 0.309 e. The number of nitrogens with two attached hydrogens (primary N) is 7. The first-order valence-electron chi connectivity index (χ1n) is 5.93. The van der Waals surface area contributed by atoms with Crippen LogP contribution in [0.5, 0.6) is 0 Å². The number of amides is 2. The summed E-state index contributed by atoms with van der Waals surface area (Å²) in [5, 5.41) is 0.000000000000000222. The SMILES string of the molecule is CC=O.CCC=O.NC(N)=O.NC(N)=S.Nc1nc(N)nc(N)n1. The van der Waals surface area contributed by atoms with Crippen LogP contribution >= 0.6 is 12.2 Å². The number of nitrogen functional groups attached to an aromatic ring is 3. The Labute approximate surface area is 144 Å². The predicted molar refractivity (Wildman–Crippen MR) is 95.9 cm³/mol. The molecule has 13 nitrogen and oxygen atoms in total. The number of hydrogen-bond donors (Lipinski definition) is 7. The van der Waals surface area contributed by atoms with Crippen LogP contribution in [-0.4, -0.2) is 38.7 Å². The van der Waals surface area contributed by atoms with Crippen molar-refractivity contribution >= 4 is 53.8 Å². The molecule has 1 aromatic heterocycles. The third-order valence-corrected chi connectivity index (χ3v) is 0.854. The second-order valence-electron chi connectivity index (χ2n) is 3.03. The zero-order chi connectivity index (χ0) is 20.1. The zero-order valence-electron chi connectivity index (χ0n) is 13.4. The Bertz CT molecular complexity index is 415. The summed E-state index contributed by atoms with van der Waals surface area (Å²) in [5.41, 5.74) is 33.2. The van der Waals surface area contributed by atoms with Gasteiger partial charge in [0.05, 0.1) is 0 Å². The Morgan fingerprint density at radius 3 is 1.17 bits per heavy atom. The molecule has 138 valence electrons. The molecule has 14 heteroatoms. The van der Waals surface area contributed by atoms with Crippen LogP contribution in [0.4, 0.5) is 22.6 Å². The van der Waals surface area contributed by atoms with Crippen LogP contribution in [0, 0.1) is 0 Å². The molecule has 0 aliphatic rings. The number of nitrogens with zero attached hydrogens (tertiary/aromatic N) is 3. The van der Waals surface area contributed by atoms with Crippen molar-refractivity contribution in [2.75, 3.05) is 17.2 Å². The number of primary amides is 2. The van der Waals surface area contributed by atoms with E-state index < -0.39 is 6.03 Å². The fourth-order valence-corrected chi connectivity index (χ4v) is 0.427. The molecule has 1 aromatic rings. The zero-order valence-corrected chi connectivity index (χ0v) is 14.2. The third-order valence-electron chi connectivity index (χ3n) is 0.854. The summed E-state index contributed by atoms with van der Waals surface area (Å²) < 4.78 is 0. The van der Waals surface area contributed by atoms with Crippen molar-refractivity contribution in [2.45, 2.75) is 20.3 Å². The molecule has 0 saturated carbocycles. The Kier molecular flexibility index (Phi) is 26.4. The van der Waals surface area contributed by atoms with E-state index in [0.717, 1.165) is 12.6 Å². The molecular formula is C10H24N10O3S. The van der Waals surface area contributed by atoms with Gasteiger partial charge < -0.3 is 49.7 Å².